The van der Waals surface area contributed by atoms with Crippen LogP contribution in [0.2, 0.25) is 0 Å². The fourth-order valence-corrected chi connectivity index (χ4v) is 6.84. The highest BCUT2D eigenvalue weighted by atomic mass is 32.1. The Morgan fingerprint density at radius 1 is 0.810 bits per heavy atom. The van der Waals surface area contributed by atoms with E-state index >= 15 is 0 Å². The predicted octanol–water partition coefficient (Wildman–Crippen LogP) is 6.95. The van der Waals surface area contributed by atoms with Crippen LogP contribution in [-0.2, 0) is 22.7 Å². The summed E-state index contributed by atoms with van der Waals surface area (Å²) in [7, 11) is 2.14. The maximum atomic E-state index is 13.2. The molecule has 0 aliphatic rings. The second-order valence-electron chi connectivity index (χ2n) is 10.9. The van der Waals surface area contributed by atoms with Crippen LogP contribution in [0.5, 0.6) is 0 Å². The molecule has 7 nitrogen and oxygen atoms in total. The first-order valence-electron chi connectivity index (χ1n) is 14.6. The lowest BCUT2D eigenvalue weighted by molar-refractivity contribution is -0.136. The molecule has 0 radical (unpaired) electrons. The largest absolute Gasteiger partial charge is 0.347 e. The maximum Gasteiger partial charge on any atom is 0.245 e. The standard InChI is InChI=1S/C33H41N5O2S2/c1-6-16-37(5)20-30-34-18-28(41-30)26-12-8-24(9-13-26)25-10-14-27(15-11-25)29-19-35-31(42-29)21-38(17-7-2)33(40)32(23(3)4)36-22-39/h8-15,18-19,22-23,32H,6-7,16-17,20-21H2,1-5H3,(H,36,39)/t32-/m0/s1. The van der Waals surface area contributed by atoms with E-state index in [1.807, 2.05) is 33.2 Å². The molecule has 0 aliphatic heterocycles. The Morgan fingerprint density at radius 2 is 1.29 bits per heavy atom. The molecule has 0 bridgehead atoms. The summed E-state index contributed by atoms with van der Waals surface area (Å²) < 4.78 is 0. The maximum absolute atomic E-state index is 13.2. The van der Waals surface area contributed by atoms with E-state index in [0.29, 0.717) is 19.5 Å². The molecule has 0 unspecified atom stereocenters. The minimum atomic E-state index is -0.535. The van der Waals surface area contributed by atoms with Crippen LogP contribution in [-0.4, -0.2) is 58.3 Å². The summed E-state index contributed by atoms with van der Waals surface area (Å²) in [5.41, 5.74) is 4.61. The second kappa shape index (κ2) is 15.2. The molecule has 9 heteroatoms. The molecule has 222 valence electrons. The predicted molar refractivity (Wildman–Crippen MR) is 174 cm³/mol. The van der Waals surface area contributed by atoms with E-state index in [-0.39, 0.29) is 11.8 Å². The third-order valence-corrected chi connectivity index (χ3v) is 9.16. The Balaban J connectivity index is 1.41. The summed E-state index contributed by atoms with van der Waals surface area (Å²) in [5.74, 6) is -0.0618. The molecular weight excluding hydrogens is 563 g/mol. The number of nitrogens with zero attached hydrogens (tertiary/aromatic N) is 4. The van der Waals surface area contributed by atoms with Crippen LogP contribution in [0.25, 0.3) is 32.0 Å². The quantitative estimate of drug-likeness (QED) is 0.149. The summed E-state index contributed by atoms with van der Waals surface area (Å²) in [6.45, 7) is 11.1. The fourth-order valence-electron chi connectivity index (χ4n) is 4.90. The molecule has 2 amide bonds. The van der Waals surface area contributed by atoms with Crippen LogP contribution in [0.4, 0.5) is 0 Å². The van der Waals surface area contributed by atoms with Gasteiger partial charge in [-0.15, -0.1) is 22.7 Å². The lowest BCUT2D eigenvalue weighted by Crippen LogP contribution is -2.48. The Labute approximate surface area is 257 Å². The van der Waals surface area contributed by atoms with Gasteiger partial charge in [-0.2, -0.15) is 0 Å². The topological polar surface area (TPSA) is 78.4 Å². The Hall–Kier alpha value is -3.40. The van der Waals surface area contributed by atoms with Crippen molar-refractivity contribution in [3.8, 4) is 32.0 Å². The molecule has 4 aromatic rings. The van der Waals surface area contributed by atoms with E-state index in [0.717, 1.165) is 52.0 Å². The number of amides is 2. The minimum absolute atomic E-state index is 0.00629. The molecule has 4 rings (SSSR count). The molecule has 42 heavy (non-hydrogen) atoms. The van der Waals surface area contributed by atoms with Gasteiger partial charge >= 0.3 is 0 Å². The first-order valence-corrected chi connectivity index (χ1v) is 16.2. The van der Waals surface area contributed by atoms with E-state index in [9.17, 15) is 9.59 Å². The van der Waals surface area contributed by atoms with Gasteiger partial charge in [-0.1, -0.05) is 76.2 Å². The average Bonchev–Trinajstić information content (AvgIpc) is 3.65. The number of carbonyl (C=O) groups excluding carboxylic acids is 2. The zero-order valence-electron chi connectivity index (χ0n) is 25.2. The Bertz CT molecular complexity index is 1430. The fraction of sp³-hybridized carbons (Fsp3) is 0.394. The number of aromatic nitrogens is 2. The van der Waals surface area contributed by atoms with Gasteiger partial charge in [-0.25, -0.2) is 9.97 Å². The zero-order chi connectivity index (χ0) is 30.1. The summed E-state index contributed by atoms with van der Waals surface area (Å²) in [6.07, 6.45) is 6.45. The van der Waals surface area contributed by atoms with Crippen LogP contribution in [0, 0.1) is 5.92 Å². The van der Waals surface area contributed by atoms with Gasteiger partial charge in [0.05, 0.1) is 22.8 Å². The highest BCUT2D eigenvalue weighted by Gasteiger charge is 2.27. The van der Waals surface area contributed by atoms with Gasteiger partial charge < -0.3 is 10.2 Å². The molecule has 2 aromatic heterocycles. The molecular formula is C33H41N5O2S2. The third-order valence-electron chi connectivity index (χ3n) is 7.10. The van der Waals surface area contributed by atoms with Gasteiger partial charge in [-0.05, 0) is 54.6 Å². The SMILES string of the molecule is CCCN(C)Cc1ncc(-c2ccc(-c3ccc(-c4cnc(CN(CCC)C(=O)[C@@H](NC=O)C(C)C)s4)cc3)cc2)s1. The number of hydrogen-bond donors (Lipinski definition) is 1. The van der Waals surface area contributed by atoms with Crippen molar-refractivity contribution >= 4 is 35.0 Å². The molecule has 2 aromatic carbocycles. The molecule has 0 saturated carbocycles. The summed E-state index contributed by atoms with van der Waals surface area (Å²) in [6, 6.07) is 16.7. The van der Waals surface area contributed by atoms with E-state index in [1.165, 1.54) is 16.0 Å². The van der Waals surface area contributed by atoms with Gasteiger partial charge in [0, 0.05) is 18.9 Å². The smallest absolute Gasteiger partial charge is 0.245 e. The van der Waals surface area contributed by atoms with Gasteiger partial charge in [0.2, 0.25) is 12.3 Å². The number of carbonyl (C=O) groups is 2. The van der Waals surface area contributed by atoms with Crippen molar-refractivity contribution in [2.75, 3.05) is 20.1 Å². The van der Waals surface area contributed by atoms with Gasteiger partial charge in [0.25, 0.3) is 0 Å². The van der Waals surface area contributed by atoms with E-state index in [4.69, 9.17) is 0 Å². The van der Waals surface area contributed by atoms with Crippen molar-refractivity contribution < 1.29 is 9.59 Å². The van der Waals surface area contributed by atoms with E-state index in [1.54, 1.807) is 27.6 Å². The average molecular weight is 604 g/mol. The molecule has 0 aliphatic carbocycles. The monoisotopic (exact) mass is 603 g/mol. The van der Waals surface area contributed by atoms with Crippen molar-refractivity contribution in [3.63, 3.8) is 0 Å². The van der Waals surface area contributed by atoms with Gasteiger partial charge in [-0.3, -0.25) is 14.5 Å². The summed E-state index contributed by atoms with van der Waals surface area (Å²) >= 11 is 3.36. The molecule has 1 N–H and O–H groups in total. The first-order chi connectivity index (χ1) is 20.3. The third kappa shape index (κ3) is 8.12. The second-order valence-corrected chi connectivity index (χ2v) is 13.1. The number of thiazole rings is 2. The van der Waals surface area contributed by atoms with E-state index in [2.05, 4.69) is 82.7 Å². The Kier molecular flexibility index (Phi) is 11.4. The van der Waals surface area contributed by atoms with Gasteiger partial charge in [0.1, 0.15) is 16.1 Å². The number of benzene rings is 2. The minimum Gasteiger partial charge on any atom is -0.347 e. The van der Waals surface area contributed by atoms with Crippen LogP contribution >= 0.6 is 22.7 Å². The molecule has 1 atom stereocenters. The molecule has 0 fully saturated rings. The zero-order valence-corrected chi connectivity index (χ0v) is 26.8. The molecule has 2 heterocycles. The Morgan fingerprint density at radius 3 is 1.74 bits per heavy atom. The van der Waals surface area contributed by atoms with Crippen molar-refractivity contribution in [2.45, 2.75) is 59.7 Å². The van der Waals surface area contributed by atoms with Gasteiger partial charge in [0.15, 0.2) is 0 Å². The highest BCUT2D eigenvalue weighted by molar-refractivity contribution is 7.15. The summed E-state index contributed by atoms with van der Waals surface area (Å²) in [4.78, 5) is 39.8. The van der Waals surface area contributed by atoms with Crippen LogP contribution < -0.4 is 5.32 Å². The van der Waals surface area contributed by atoms with Crippen molar-refractivity contribution in [1.82, 2.24) is 25.1 Å². The van der Waals surface area contributed by atoms with Crippen LogP contribution in [0.3, 0.4) is 0 Å². The van der Waals surface area contributed by atoms with Crippen LogP contribution in [0.15, 0.2) is 60.9 Å². The van der Waals surface area contributed by atoms with Crippen LogP contribution in [0.1, 0.15) is 50.6 Å². The van der Waals surface area contributed by atoms with Crippen molar-refractivity contribution in [3.05, 3.63) is 70.9 Å². The number of rotatable bonds is 15. The lowest BCUT2D eigenvalue weighted by Gasteiger charge is -2.28. The normalized spacial score (nSPS) is 12.1. The molecule has 0 spiro atoms. The first kappa shape index (κ1) is 31.5. The highest BCUT2D eigenvalue weighted by Crippen LogP contribution is 2.32. The van der Waals surface area contributed by atoms with Crippen molar-refractivity contribution in [1.29, 1.82) is 0 Å². The lowest BCUT2D eigenvalue weighted by atomic mass is 10.0. The number of nitrogens with one attached hydrogen (secondary N) is 1. The van der Waals surface area contributed by atoms with Crippen molar-refractivity contribution in [2.24, 2.45) is 5.92 Å². The molecule has 0 saturated heterocycles. The van der Waals surface area contributed by atoms with E-state index < -0.39 is 6.04 Å². The summed E-state index contributed by atoms with van der Waals surface area (Å²) in [5, 5.41) is 4.71. The number of hydrogen-bond acceptors (Lipinski definition) is 7.